The normalized spacial score (nSPS) is 11.2. The number of nitrogens with one attached hydrogen (secondary N) is 2. The largest absolute Gasteiger partial charge is 0.392 e. The number of nitrogens with zero attached hydrogens (tertiary/aromatic N) is 2. The lowest BCUT2D eigenvalue weighted by Gasteiger charge is -2.16. The summed E-state index contributed by atoms with van der Waals surface area (Å²) in [6.45, 7) is 6.67. The van der Waals surface area contributed by atoms with E-state index in [1.54, 1.807) is 12.4 Å². The number of carbonyl (C=O) groups excluding carboxylic acids is 1. The first kappa shape index (κ1) is 17.9. The third kappa shape index (κ3) is 5.31. The van der Waals surface area contributed by atoms with Crippen LogP contribution in [0.4, 0.5) is 10.5 Å². The van der Waals surface area contributed by atoms with Crippen molar-refractivity contribution >= 4 is 11.7 Å². The zero-order valence-electron chi connectivity index (χ0n) is 14.3. The molecule has 0 radical (unpaired) electrons. The molecule has 1 aromatic carbocycles. The van der Waals surface area contributed by atoms with Crippen LogP contribution in [0.25, 0.3) is 0 Å². The molecule has 1 aromatic heterocycles. The van der Waals surface area contributed by atoms with Crippen molar-refractivity contribution < 1.29 is 9.90 Å². The SMILES string of the molecule is CC(C)(C)c1ncc(NC(=O)NCCc2ccc(CO)cc2)cn1. The molecule has 0 atom stereocenters. The zero-order valence-corrected chi connectivity index (χ0v) is 14.3. The van der Waals surface area contributed by atoms with Gasteiger partial charge in [-0.3, -0.25) is 0 Å². The van der Waals surface area contributed by atoms with Crippen molar-refractivity contribution in [3.63, 3.8) is 0 Å². The predicted octanol–water partition coefficient (Wildman–Crippen LogP) is 2.63. The minimum atomic E-state index is -0.283. The van der Waals surface area contributed by atoms with Gasteiger partial charge in [-0.25, -0.2) is 14.8 Å². The highest BCUT2D eigenvalue weighted by molar-refractivity contribution is 5.88. The molecule has 0 fully saturated rings. The Morgan fingerprint density at radius 2 is 1.67 bits per heavy atom. The summed E-state index contributed by atoms with van der Waals surface area (Å²) in [6.07, 6.45) is 3.94. The third-order valence-corrected chi connectivity index (χ3v) is 3.49. The van der Waals surface area contributed by atoms with Gasteiger partial charge in [0.05, 0.1) is 24.7 Å². The summed E-state index contributed by atoms with van der Waals surface area (Å²) in [5.74, 6) is 0.736. The molecule has 0 saturated heterocycles. The molecule has 0 aliphatic rings. The third-order valence-electron chi connectivity index (χ3n) is 3.49. The Bertz CT molecular complexity index is 661. The van der Waals surface area contributed by atoms with Crippen molar-refractivity contribution in [3.8, 4) is 0 Å². The van der Waals surface area contributed by atoms with Crippen LogP contribution in [-0.4, -0.2) is 27.7 Å². The average Bonchev–Trinajstić information content (AvgIpc) is 2.55. The van der Waals surface area contributed by atoms with Crippen LogP contribution in [0.3, 0.4) is 0 Å². The minimum Gasteiger partial charge on any atom is -0.392 e. The van der Waals surface area contributed by atoms with Crippen LogP contribution in [0.1, 0.15) is 37.7 Å². The lowest BCUT2D eigenvalue weighted by molar-refractivity contribution is 0.252. The van der Waals surface area contributed by atoms with E-state index in [0.717, 1.165) is 23.4 Å². The van der Waals surface area contributed by atoms with Gasteiger partial charge in [0.15, 0.2) is 0 Å². The van der Waals surface area contributed by atoms with Crippen molar-refractivity contribution in [2.75, 3.05) is 11.9 Å². The second-order valence-corrected chi connectivity index (χ2v) is 6.65. The van der Waals surface area contributed by atoms with Crippen molar-refractivity contribution in [2.24, 2.45) is 0 Å². The van der Waals surface area contributed by atoms with Gasteiger partial charge >= 0.3 is 6.03 Å². The van der Waals surface area contributed by atoms with Crippen LogP contribution in [0.15, 0.2) is 36.7 Å². The summed E-state index contributed by atoms with van der Waals surface area (Å²) in [6, 6.07) is 7.37. The molecule has 24 heavy (non-hydrogen) atoms. The Hall–Kier alpha value is -2.47. The van der Waals surface area contributed by atoms with Gasteiger partial charge in [0.25, 0.3) is 0 Å². The highest BCUT2D eigenvalue weighted by atomic mass is 16.3. The smallest absolute Gasteiger partial charge is 0.319 e. The number of rotatable bonds is 5. The number of hydrogen-bond donors (Lipinski definition) is 3. The minimum absolute atomic E-state index is 0.0387. The fraction of sp³-hybridized carbons (Fsp3) is 0.389. The molecule has 6 heteroatoms. The number of urea groups is 1. The van der Waals surface area contributed by atoms with E-state index in [-0.39, 0.29) is 18.1 Å². The lowest BCUT2D eigenvalue weighted by Crippen LogP contribution is -2.30. The van der Waals surface area contributed by atoms with Crippen LogP contribution >= 0.6 is 0 Å². The molecule has 0 saturated carbocycles. The molecule has 0 bridgehead atoms. The zero-order chi connectivity index (χ0) is 17.6. The Labute approximate surface area is 142 Å². The summed E-state index contributed by atoms with van der Waals surface area (Å²) in [4.78, 5) is 20.4. The van der Waals surface area contributed by atoms with Gasteiger partial charge in [0, 0.05) is 12.0 Å². The molecule has 1 heterocycles. The van der Waals surface area contributed by atoms with Crippen molar-refractivity contribution in [1.29, 1.82) is 0 Å². The summed E-state index contributed by atoms with van der Waals surface area (Å²) >= 11 is 0. The van der Waals surface area contributed by atoms with E-state index < -0.39 is 0 Å². The van der Waals surface area contributed by atoms with Gasteiger partial charge in [-0.2, -0.15) is 0 Å². The van der Waals surface area contributed by atoms with Gasteiger partial charge in [-0.1, -0.05) is 45.0 Å². The number of carbonyl (C=O) groups is 1. The second kappa shape index (κ2) is 7.88. The van der Waals surface area contributed by atoms with Gasteiger partial charge in [0.2, 0.25) is 0 Å². The van der Waals surface area contributed by atoms with E-state index in [9.17, 15) is 4.79 Å². The van der Waals surface area contributed by atoms with E-state index in [2.05, 4.69) is 20.6 Å². The molecular formula is C18H24N4O2. The maximum Gasteiger partial charge on any atom is 0.319 e. The Morgan fingerprint density at radius 3 is 2.21 bits per heavy atom. The number of aliphatic hydroxyl groups excluding tert-OH is 1. The number of aliphatic hydroxyl groups is 1. The van der Waals surface area contributed by atoms with Gasteiger partial charge in [-0.15, -0.1) is 0 Å². The Kier molecular flexibility index (Phi) is 5.87. The molecule has 0 unspecified atom stereocenters. The molecule has 0 aliphatic carbocycles. The van der Waals surface area contributed by atoms with Crippen LogP contribution < -0.4 is 10.6 Å². The molecular weight excluding hydrogens is 304 g/mol. The van der Waals surface area contributed by atoms with E-state index in [4.69, 9.17) is 5.11 Å². The van der Waals surface area contributed by atoms with Crippen molar-refractivity contribution in [1.82, 2.24) is 15.3 Å². The first-order chi connectivity index (χ1) is 11.4. The van der Waals surface area contributed by atoms with Crippen molar-refractivity contribution in [3.05, 3.63) is 53.6 Å². The fourth-order valence-corrected chi connectivity index (χ4v) is 2.09. The Balaban J connectivity index is 1.78. The van der Waals surface area contributed by atoms with Crippen LogP contribution in [-0.2, 0) is 18.4 Å². The molecule has 2 amide bonds. The van der Waals surface area contributed by atoms with Crippen LogP contribution in [0.2, 0.25) is 0 Å². The van der Waals surface area contributed by atoms with E-state index in [0.29, 0.717) is 12.2 Å². The number of hydrogen-bond acceptors (Lipinski definition) is 4. The van der Waals surface area contributed by atoms with E-state index in [1.165, 1.54) is 0 Å². The molecule has 6 nitrogen and oxygen atoms in total. The number of aromatic nitrogens is 2. The first-order valence-corrected chi connectivity index (χ1v) is 7.94. The molecule has 3 N–H and O–H groups in total. The number of amides is 2. The van der Waals surface area contributed by atoms with E-state index >= 15 is 0 Å². The summed E-state index contributed by atoms with van der Waals surface area (Å²) in [5, 5.41) is 14.5. The average molecular weight is 328 g/mol. The standard InChI is InChI=1S/C18H24N4O2/c1-18(2,3)16-20-10-15(11-21-16)22-17(24)19-9-8-13-4-6-14(12-23)7-5-13/h4-7,10-11,23H,8-9,12H2,1-3H3,(H2,19,22,24). The van der Waals surface area contributed by atoms with Gasteiger partial charge in [-0.05, 0) is 17.5 Å². The van der Waals surface area contributed by atoms with Crippen LogP contribution in [0.5, 0.6) is 0 Å². The van der Waals surface area contributed by atoms with Gasteiger partial charge in [0.1, 0.15) is 5.82 Å². The number of benzene rings is 1. The van der Waals surface area contributed by atoms with Crippen LogP contribution in [0, 0.1) is 0 Å². The predicted molar refractivity (Wildman–Crippen MR) is 93.8 cm³/mol. The highest BCUT2D eigenvalue weighted by Gasteiger charge is 2.16. The molecule has 128 valence electrons. The number of anilines is 1. The van der Waals surface area contributed by atoms with Crippen molar-refractivity contribution in [2.45, 2.75) is 39.2 Å². The fourth-order valence-electron chi connectivity index (χ4n) is 2.09. The topological polar surface area (TPSA) is 87.1 Å². The first-order valence-electron chi connectivity index (χ1n) is 7.94. The highest BCUT2D eigenvalue weighted by Crippen LogP contribution is 2.18. The lowest BCUT2D eigenvalue weighted by atomic mass is 9.96. The molecule has 2 aromatic rings. The summed E-state index contributed by atoms with van der Waals surface area (Å²) < 4.78 is 0. The summed E-state index contributed by atoms with van der Waals surface area (Å²) in [5.41, 5.74) is 2.42. The van der Waals surface area contributed by atoms with Gasteiger partial charge < -0.3 is 15.7 Å². The monoisotopic (exact) mass is 328 g/mol. The Morgan fingerprint density at radius 1 is 1.08 bits per heavy atom. The van der Waals surface area contributed by atoms with E-state index in [1.807, 2.05) is 45.0 Å². The molecule has 0 spiro atoms. The second-order valence-electron chi connectivity index (χ2n) is 6.65. The maximum atomic E-state index is 11.9. The quantitative estimate of drug-likeness (QED) is 0.787. The molecule has 0 aliphatic heterocycles. The maximum absolute atomic E-state index is 11.9. The molecule has 2 rings (SSSR count). The summed E-state index contributed by atoms with van der Waals surface area (Å²) in [7, 11) is 0.